The first-order valence-corrected chi connectivity index (χ1v) is 2.28. The summed E-state index contributed by atoms with van der Waals surface area (Å²) in [7, 11) is 0. The minimum Gasteiger partial charge on any atom is -0.499 e. The summed E-state index contributed by atoms with van der Waals surface area (Å²) in [4.78, 5) is 3.84. The molecular formula is C5H7NO. The van der Waals surface area contributed by atoms with Crippen LogP contribution in [-0.2, 0) is 4.74 Å². The molecular weight excluding hydrogens is 90.1 g/mol. The summed E-state index contributed by atoms with van der Waals surface area (Å²) in [6.45, 7) is 0.764. The van der Waals surface area contributed by atoms with Crippen LogP contribution in [-0.4, -0.2) is 12.8 Å². The number of rotatable bonds is 0. The van der Waals surface area contributed by atoms with Crippen molar-refractivity contribution in [3.63, 3.8) is 0 Å². The zero-order valence-corrected chi connectivity index (χ0v) is 4.00. The molecule has 0 saturated heterocycles. The average Bonchev–Trinajstić information content (AvgIpc) is 1.90. The van der Waals surface area contributed by atoms with E-state index >= 15 is 0 Å². The molecule has 0 saturated carbocycles. The van der Waals surface area contributed by atoms with Crippen LogP contribution in [0.1, 0.15) is 6.42 Å². The second-order valence-electron chi connectivity index (χ2n) is 1.28. The molecule has 0 bridgehead atoms. The minimum absolute atomic E-state index is 0.764. The van der Waals surface area contributed by atoms with Crippen molar-refractivity contribution in [2.45, 2.75) is 6.42 Å². The zero-order valence-electron chi connectivity index (χ0n) is 4.00. The van der Waals surface area contributed by atoms with Gasteiger partial charge in [0.25, 0.3) is 0 Å². The Balaban J connectivity index is 2.39. The lowest BCUT2D eigenvalue weighted by Crippen LogP contribution is -1.83. The highest BCUT2D eigenvalue weighted by atomic mass is 16.5. The van der Waals surface area contributed by atoms with Crippen LogP contribution < -0.4 is 0 Å². The quantitative estimate of drug-likeness (QED) is 0.441. The second kappa shape index (κ2) is 2.39. The van der Waals surface area contributed by atoms with Gasteiger partial charge in [-0.05, 0) is 0 Å². The molecule has 0 unspecified atom stereocenters. The Hall–Kier alpha value is -0.790. The van der Waals surface area contributed by atoms with Crippen molar-refractivity contribution >= 4 is 6.21 Å². The summed E-state index contributed by atoms with van der Waals surface area (Å²) in [6.07, 6.45) is 6.01. The van der Waals surface area contributed by atoms with Crippen molar-refractivity contribution in [2.75, 3.05) is 6.61 Å². The van der Waals surface area contributed by atoms with E-state index in [1.807, 2.05) is 6.21 Å². The second-order valence-corrected chi connectivity index (χ2v) is 1.28. The molecule has 7 heavy (non-hydrogen) atoms. The van der Waals surface area contributed by atoms with Gasteiger partial charge < -0.3 is 4.74 Å². The number of nitrogens with zero attached hydrogens (tertiary/aromatic N) is 1. The molecule has 1 aliphatic heterocycles. The summed E-state index contributed by atoms with van der Waals surface area (Å²) in [6, 6.07) is 0. The summed E-state index contributed by atoms with van der Waals surface area (Å²) < 4.78 is 4.89. The largest absolute Gasteiger partial charge is 0.499 e. The van der Waals surface area contributed by atoms with E-state index in [1.165, 1.54) is 0 Å². The summed E-state index contributed by atoms with van der Waals surface area (Å²) >= 11 is 0. The van der Waals surface area contributed by atoms with Crippen LogP contribution in [0.5, 0.6) is 0 Å². The van der Waals surface area contributed by atoms with Gasteiger partial charge in [0.1, 0.15) is 6.26 Å². The van der Waals surface area contributed by atoms with Gasteiger partial charge in [-0.1, -0.05) is 0 Å². The van der Waals surface area contributed by atoms with Gasteiger partial charge in [0.05, 0.1) is 12.8 Å². The Bertz CT molecular complexity index is 84.3. The van der Waals surface area contributed by atoms with Gasteiger partial charge in [-0.25, -0.2) is 0 Å². The predicted molar refractivity (Wildman–Crippen MR) is 28.2 cm³/mol. The van der Waals surface area contributed by atoms with E-state index in [0.717, 1.165) is 13.0 Å². The Morgan fingerprint density at radius 3 is 3.57 bits per heavy atom. The van der Waals surface area contributed by atoms with Crippen molar-refractivity contribution < 1.29 is 4.74 Å². The third kappa shape index (κ3) is 1.39. The smallest absolute Gasteiger partial charge is 0.101 e. The van der Waals surface area contributed by atoms with E-state index in [4.69, 9.17) is 4.74 Å². The summed E-state index contributed by atoms with van der Waals surface area (Å²) in [5, 5.41) is 0. The Labute approximate surface area is 42.5 Å². The summed E-state index contributed by atoms with van der Waals surface area (Å²) in [5.74, 6) is 0. The van der Waals surface area contributed by atoms with Crippen LogP contribution in [0.2, 0.25) is 0 Å². The van der Waals surface area contributed by atoms with E-state index in [-0.39, 0.29) is 0 Å². The van der Waals surface area contributed by atoms with Crippen molar-refractivity contribution in [1.82, 2.24) is 0 Å². The number of hydrogen-bond acceptors (Lipinski definition) is 2. The van der Waals surface area contributed by atoms with Gasteiger partial charge in [-0.15, -0.1) is 0 Å². The highest BCUT2D eigenvalue weighted by molar-refractivity contribution is 5.58. The maximum absolute atomic E-state index is 4.89. The first-order chi connectivity index (χ1) is 3.50. The van der Waals surface area contributed by atoms with Crippen LogP contribution in [0, 0.1) is 0 Å². The number of ether oxygens (including phenoxy) is 1. The molecule has 1 rings (SSSR count). The van der Waals surface area contributed by atoms with E-state index in [9.17, 15) is 0 Å². The fourth-order valence-corrected chi connectivity index (χ4v) is 0.402. The van der Waals surface area contributed by atoms with Crippen molar-refractivity contribution in [2.24, 2.45) is 4.99 Å². The molecule has 2 heteroatoms. The molecule has 0 aromatic carbocycles. The fraction of sp³-hybridized carbons (Fsp3) is 0.400. The highest BCUT2D eigenvalue weighted by Gasteiger charge is 1.81. The molecule has 0 aromatic heterocycles. The molecule has 2 nitrogen and oxygen atoms in total. The van der Waals surface area contributed by atoms with Gasteiger partial charge in [0.15, 0.2) is 0 Å². The van der Waals surface area contributed by atoms with Crippen LogP contribution >= 0.6 is 0 Å². The van der Waals surface area contributed by atoms with E-state index in [0.29, 0.717) is 0 Å². The van der Waals surface area contributed by atoms with E-state index in [1.54, 1.807) is 12.5 Å². The number of aliphatic imine (C=N–C) groups is 1. The lowest BCUT2D eigenvalue weighted by atomic mass is 10.5. The van der Waals surface area contributed by atoms with Crippen molar-refractivity contribution in [3.05, 3.63) is 12.5 Å². The number of hydrogen-bond donors (Lipinski definition) is 0. The molecule has 0 radical (unpaired) electrons. The molecule has 0 fully saturated rings. The maximum atomic E-state index is 4.89. The van der Waals surface area contributed by atoms with E-state index in [2.05, 4.69) is 4.99 Å². The highest BCUT2D eigenvalue weighted by Crippen LogP contribution is 1.86. The van der Waals surface area contributed by atoms with E-state index < -0.39 is 0 Å². The van der Waals surface area contributed by atoms with Gasteiger partial charge in [-0.3, -0.25) is 4.99 Å². The van der Waals surface area contributed by atoms with Gasteiger partial charge >= 0.3 is 0 Å². The van der Waals surface area contributed by atoms with Gasteiger partial charge in [0, 0.05) is 12.6 Å². The Morgan fingerprint density at radius 2 is 2.57 bits per heavy atom. The van der Waals surface area contributed by atoms with Crippen LogP contribution in [0.3, 0.4) is 0 Å². The standard InChI is InChI=1S/C5H7NO/c1-2-6-3-5-7-4-1/h2-3,5H,1,4H2. The molecule has 1 heterocycles. The third-order valence-electron chi connectivity index (χ3n) is 0.713. The van der Waals surface area contributed by atoms with Crippen LogP contribution in [0.25, 0.3) is 0 Å². The SMILES string of the molecule is C1=COCCC=N1. The molecule has 0 aliphatic carbocycles. The summed E-state index contributed by atoms with van der Waals surface area (Å²) in [5.41, 5.74) is 0. The molecule has 0 aromatic rings. The van der Waals surface area contributed by atoms with Gasteiger partial charge in [0.2, 0.25) is 0 Å². The van der Waals surface area contributed by atoms with Crippen LogP contribution in [0.15, 0.2) is 17.5 Å². The topological polar surface area (TPSA) is 21.6 Å². The molecule has 0 amide bonds. The maximum Gasteiger partial charge on any atom is 0.101 e. The molecule has 0 spiro atoms. The Morgan fingerprint density at radius 1 is 1.57 bits per heavy atom. The normalized spacial score (nSPS) is 18.3. The monoisotopic (exact) mass is 97.1 g/mol. The van der Waals surface area contributed by atoms with Gasteiger partial charge in [-0.2, -0.15) is 0 Å². The Kier molecular flexibility index (Phi) is 1.50. The fourth-order valence-electron chi connectivity index (χ4n) is 0.402. The average molecular weight is 97.1 g/mol. The predicted octanol–water partition coefficient (Wildman–Crippen LogP) is 0.949. The first-order valence-electron chi connectivity index (χ1n) is 2.28. The first kappa shape index (κ1) is 4.37. The molecule has 1 aliphatic rings. The third-order valence-corrected chi connectivity index (χ3v) is 0.713. The molecule has 0 N–H and O–H groups in total. The lowest BCUT2D eigenvalue weighted by Gasteiger charge is -1.88. The van der Waals surface area contributed by atoms with Crippen LogP contribution in [0.4, 0.5) is 0 Å². The van der Waals surface area contributed by atoms with Crippen molar-refractivity contribution in [1.29, 1.82) is 0 Å². The molecule has 0 atom stereocenters. The lowest BCUT2D eigenvalue weighted by molar-refractivity contribution is 0.262. The van der Waals surface area contributed by atoms with Crippen molar-refractivity contribution in [3.8, 4) is 0 Å². The molecule has 38 valence electrons. The zero-order chi connectivity index (χ0) is 4.95. The minimum atomic E-state index is 0.764.